The Bertz CT molecular complexity index is 1490. The van der Waals surface area contributed by atoms with E-state index in [1.165, 1.54) is 31.7 Å². The molecule has 0 radical (unpaired) electrons. The molecule has 3 saturated carbocycles. The number of benzene rings is 2. The van der Waals surface area contributed by atoms with Gasteiger partial charge in [0, 0.05) is 59.7 Å². The molecule has 2 N–H and O–H groups in total. The van der Waals surface area contributed by atoms with Crippen LogP contribution >= 0.6 is 0 Å². The van der Waals surface area contributed by atoms with Crippen molar-refractivity contribution in [2.75, 3.05) is 36.5 Å². The quantitative estimate of drug-likeness (QED) is 0.303. The lowest BCUT2D eigenvalue weighted by atomic mass is 9.62. The van der Waals surface area contributed by atoms with E-state index < -0.39 is 11.6 Å². The van der Waals surface area contributed by atoms with Crippen molar-refractivity contribution in [1.29, 1.82) is 0 Å². The number of nitrogens with one attached hydrogen (secondary N) is 2. The lowest BCUT2D eigenvalue weighted by Gasteiger charge is -2.47. The van der Waals surface area contributed by atoms with Crippen LogP contribution in [-0.4, -0.2) is 47.3 Å². The van der Waals surface area contributed by atoms with Crippen molar-refractivity contribution in [3.8, 4) is 22.6 Å². The third-order valence-corrected chi connectivity index (χ3v) is 9.16. The van der Waals surface area contributed by atoms with Crippen molar-refractivity contribution in [3.05, 3.63) is 60.3 Å². The molecule has 3 aliphatic carbocycles. The van der Waals surface area contributed by atoms with Gasteiger partial charge in [-0.05, 0) is 61.6 Å². The zero-order valence-electron chi connectivity index (χ0n) is 22.1. The fraction of sp³-hybridized carbons (Fsp3) is 0.419. The van der Waals surface area contributed by atoms with Crippen LogP contribution in [0, 0.1) is 29.4 Å². The largest absolute Gasteiger partial charge is 0.378 e. The first-order valence-corrected chi connectivity index (χ1v) is 14.1. The first-order chi connectivity index (χ1) is 19.0. The van der Waals surface area contributed by atoms with Crippen LogP contribution in [0.25, 0.3) is 33.5 Å². The Morgan fingerprint density at radius 2 is 1.69 bits per heavy atom. The lowest BCUT2D eigenvalue weighted by Crippen LogP contribution is -2.47. The van der Waals surface area contributed by atoms with E-state index in [1.807, 2.05) is 6.07 Å². The summed E-state index contributed by atoms with van der Waals surface area (Å²) in [5.74, 6) is 1.90. The van der Waals surface area contributed by atoms with E-state index in [-0.39, 0.29) is 5.52 Å². The van der Waals surface area contributed by atoms with Crippen molar-refractivity contribution in [1.82, 2.24) is 15.0 Å². The number of aromatic amines is 1. The van der Waals surface area contributed by atoms with Gasteiger partial charge in [-0.2, -0.15) is 0 Å². The molecule has 4 fully saturated rings. The predicted molar refractivity (Wildman–Crippen MR) is 150 cm³/mol. The fourth-order valence-corrected chi connectivity index (χ4v) is 6.97. The smallest absolute Gasteiger partial charge is 0.164 e. The molecule has 0 spiro atoms. The zero-order chi connectivity index (χ0) is 26.5. The highest BCUT2D eigenvalue weighted by Crippen LogP contribution is 2.46. The SMILES string of the molecule is C[C@H]1C2CCC(CC2)[C@@H]1Nc1cc(-c2ccc(N3CCOCC3)cc2)nc(-c2c[nH]c3c(F)cc(F)cc23)n1. The summed E-state index contributed by atoms with van der Waals surface area (Å²) in [7, 11) is 0. The van der Waals surface area contributed by atoms with Gasteiger partial charge in [-0.3, -0.25) is 0 Å². The molecule has 2 aromatic carbocycles. The minimum absolute atomic E-state index is 0.253. The van der Waals surface area contributed by atoms with E-state index in [0.717, 1.165) is 61.1 Å². The first-order valence-electron chi connectivity index (χ1n) is 14.1. The fourth-order valence-electron chi connectivity index (χ4n) is 6.97. The molecule has 2 bridgehead atoms. The number of anilines is 2. The summed E-state index contributed by atoms with van der Waals surface area (Å²) < 4.78 is 34.2. The van der Waals surface area contributed by atoms with E-state index in [0.29, 0.717) is 34.7 Å². The minimum Gasteiger partial charge on any atom is -0.378 e. The van der Waals surface area contributed by atoms with Crippen LogP contribution in [0.3, 0.4) is 0 Å². The van der Waals surface area contributed by atoms with Crippen LogP contribution in [0.4, 0.5) is 20.3 Å². The third-order valence-electron chi connectivity index (χ3n) is 9.16. The molecule has 4 aliphatic rings. The van der Waals surface area contributed by atoms with Gasteiger partial charge in [0.15, 0.2) is 5.82 Å². The number of rotatable bonds is 5. The maximum absolute atomic E-state index is 14.5. The number of morpholine rings is 1. The van der Waals surface area contributed by atoms with Gasteiger partial charge < -0.3 is 19.9 Å². The number of halogens is 2. The molecule has 3 heterocycles. The van der Waals surface area contributed by atoms with Gasteiger partial charge in [-0.15, -0.1) is 0 Å². The number of fused-ring (bicyclic) bond motifs is 4. The van der Waals surface area contributed by atoms with Gasteiger partial charge in [-0.25, -0.2) is 18.7 Å². The number of hydrogen-bond donors (Lipinski definition) is 2. The molecule has 8 rings (SSSR count). The molecule has 4 aromatic rings. The Kier molecular flexibility index (Phi) is 6.22. The van der Waals surface area contributed by atoms with Gasteiger partial charge in [0.25, 0.3) is 0 Å². The summed E-state index contributed by atoms with van der Waals surface area (Å²) in [5, 5.41) is 4.21. The molecular weight excluding hydrogens is 496 g/mol. The second-order valence-corrected chi connectivity index (χ2v) is 11.3. The van der Waals surface area contributed by atoms with Crippen LogP contribution in [0.15, 0.2) is 48.7 Å². The van der Waals surface area contributed by atoms with Gasteiger partial charge in [0.1, 0.15) is 17.5 Å². The molecule has 1 aliphatic heterocycles. The van der Waals surface area contributed by atoms with Crippen LogP contribution < -0.4 is 10.2 Å². The van der Waals surface area contributed by atoms with E-state index in [2.05, 4.69) is 46.4 Å². The molecular formula is C31H33F2N5O. The van der Waals surface area contributed by atoms with E-state index in [1.54, 1.807) is 6.20 Å². The van der Waals surface area contributed by atoms with E-state index >= 15 is 0 Å². The average molecular weight is 530 g/mol. The van der Waals surface area contributed by atoms with Gasteiger partial charge in [0.05, 0.1) is 24.4 Å². The summed E-state index contributed by atoms with van der Waals surface area (Å²) >= 11 is 0. The Labute approximate surface area is 226 Å². The highest BCUT2D eigenvalue weighted by Gasteiger charge is 2.41. The third kappa shape index (κ3) is 4.54. The highest BCUT2D eigenvalue weighted by molar-refractivity contribution is 5.94. The van der Waals surface area contributed by atoms with Gasteiger partial charge in [-0.1, -0.05) is 19.1 Å². The Morgan fingerprint density at radius 1 is 0.949 bits per heavy atom. The van der Waals surface area contributed by atoms with Crippen LogP contribution in [-0.2, 0) is 4.74 Å². The molecule has 2 atom stereocenters. The first kappa shape index (κ1) is 24.5. The second-order valence-electron chi connectivity index (χ2n) is 11.3. The number of hydrogen-bond acceptors (Lipinski definition) is 5. The van der Waals surface area contributed by atoms with Crippen molar-refractivity contribution in [3.63, 3.8) is 0 Å². The molecule has 0 amide bonds. The van der Waals surface area contributed by atoms with Crippen LogP contribution in [0.1, 0.15) is 32.6 Å². The standard InChI is InChI=1S/C31H33F2N5O/c1-18-19-2-4-21(5-3-19)29(18)36-28-16-27(20-6-8-23(9-7-20)38-10-12-39-13-11-38)35-31(37-28)25-17-34-30-24(25)14-22(32)15-26(30)33/h6-9,14-19,21,29,34H,2-5,10-13H2,1H3,(H,35,36,37)/t18-,19?,21?,29+/m0/s1. The molecule has 39 heavy (non-hydrogen) atoms. The van der Waals surface area contributed by atoms with Crippen LogP contribution in [0.2, 0.25) is 0 Å². The monoisotopic (exact) mass is 529 g/mol. The maximum atomic E-state index is 14.5. The minimum atomic E-state index is -0.628. The Morgan fingerprint density at radius 3 is 2.44 bits per heavy atom. The molecule has 6 nitrogen and oxygen atoms in total. The molecule has 202 valence electrons. The highest BCUT2D eigenvalue weighted by atomic mass is 19.1. The molecule has 8 heteroatoms. The molecule has 2 aromatic heterocycles. The molecule has 1 saturated heterocycles. The number of aromatic nitrogens is 3. The number of H-pyrrole nitrogens is 1. The van der Waals surface area contributed by atoms with Crippen molar-refractivity contribution < 1.29 is 13.5 Å². The van der Waals surface area contributed by atoms with Gasteiger partial charge >= 0.3 is 0 Å². The number of ether oxygens (including phenoxy) is 1. The predicted octanol–water partition coefficient (Wildman–Crippen LogP) is 6.64. The van der Waals surface area contributed by atoms with E-state index in [9.17, 15) is 8.78 Å². The Balaban J connectivity index is 1.29. The summed E-state index contributed by atoms with van der Waals surface area (Å²) in [6.45, 7) is 5.58. The van der Waals surface area contributed by atoms with Crippen molar-refractivity contribution in [2.24, 2.45) is 17.8 Å². The summed E-state index contributed by atoms with van der Waals surface area (Å²) in [5.41, 5.74) is 3.73. The maximum Gasteiger partial charge on any atom is 0.164 e. The average Bonchev–Trinajstić information content (AvgIpc) is 3.40. The molecule has 0 unspecified atom stereocenters. The van der Waals surface area contributed by atoms with Gasteiger partial charge in [0.2, 0.25) is 0 Å². The van der Waals surface area contributed by atoms with Crippen molar-refractivity contribution >= 4 is 22.4 Å². The van der Waals surface area contributed by atoms with Crippen LogP contribution in [0.5, 0.6) is 0 Å². The van der Waals surface area contributed by atoms with E-state index in [4.69, 9.17) is 14.7 Å². The van der Waals surface area contributed by atoms with Crippen molar-refractivity contribution in [2.45, 2.75) is 38.6 Å². The summed E-state index contributed by atoms with van der Waals surface area (Å²) in [6.07, 6.45) is 6.80. The second kappa shape index (κ2) is 9.90. The topological polar surface area (TPSA) is 66.1 Å². The Hall–Kier alpha value is -3.52. The summed E-state index contributed by atoms with van der Waals surface area (Å²) in [6, 6.07) is 13.0. The zero-order valence-corrected chi connectivity index (χ0v) is 22.1. The lowest BCUT2D eigenvalue weighted by molar-refractivity contribution is 0.0928. The normalized spacial score (nSPS) is 24.8. The number of nitrogens with zero attached hydrogens (tertiary/aromatic N) is 3. The summed E-state index contributed by atoms with van der Waals surface area (Å²) in [4.78, 5) is 15.1.